The number of rotatable bonds is 8. The van der Waals surface area contributed by atoms with Gasteiger partial charge in [-0.15, -0.1) is 0 Å². The van der Waals surface area contributed by atoms with Gasteiger partial charge >= 0.3 is 0 Å². The van der Waals surface area contributed by atoms with E-state index in [1.807, 2.05) is 32.0 Å². The number of benzene rings is 1. The van der Waals surface area contributed by atoms with Crippen molar-refractivity contribution in [1.82, 2.24) is 15.1 Å². The third kappa shape index (κ3) is 5.57. The third-order valence-electron chi connectivity index (χ3n) is 3.95. The summed E-state index contributed by atoms with van der Waals surface area (Å²) in [6.45, 7) is 4.75. The molecule has 0 atom stereocenters. The number of carbonyl (C=O) groups excluding carboxylic acids is 1. The molecule has 1 amide bonds. The van der Waals surface area contributed by atoms with Crippen LogP contribution in [0.3, 0.4) is 0 Å². The van der Waals surface area contributed by atoms with E-state index in [1.54, 1.807) is 23.0 Å². The molecule has 0 bridgehead atoms. The fourth-order valence-electron chi connectivity index (χ4n) is 2.53. The lowest BCUT2D eigenvalue weighted by Crippen LogP contribution is -2.41. The van der Waals surface area contributed by atoms with Gasteiger partial charge in [-0.3, -0.25) is 9.48 Å². The summed E-state index contributed by atoms with van der Waals surface area (Å²) in [5.41, 5.74) is 1.82. The second kappa shape index (κ2) is 8.33. The Bertz CT molecular complexity index is 844. The molecular weight excluding hydrogens is 354 g/mol. The molecule has 26 heavy (non-hydrogen) atoms. The molecule has 2 rings (SSSR count). The minimum absolute atomic E-state index is 0.0781. The van der Waals surface area contributed by atoms with Gasteiger partial charge in [0.2, 0.25) is 15.9 Å². The molecule has 0 aliphatic heterocycles. The number of hydrogen-bond acceptors (Lipinski definition) is 5. The van der Waals surface area contributed by atoms with Crippen molar-refractivity contribution in [3.05, 3.63) is 42.2 Å². The molecule has 1 aromatic carbocycles. The SMILES string of the molecule is CC(C)N(CC(=O)NCCc1ccc(S(N)(=O)=O)cc1)c1cnn(C)c1. The number of sulfonamides is 1. The number of aryl methyl sites for hydroxylation is 1. The molecule has 1 heterocycles. The molecule has 0 unspecified atom stereocenters. The predicted octanol–water partition coefficient (Wildman–Crippen LogP) is 0.641. The highest BCUT2D eigenvalue weighted by Gasteiger charge is 2.16. The first-order chi connectivity index (χ1) is 12.2. The molecule has 142 valence electrons. The van der Waals surface area contributed by atoms with Gasteiger partial charge in [0.25, 0.3) is 0 Å². The van der Waals surface area contributed by atoms with Crippen molar-refractivity contribution >= 4 is 21.6 Å². The van der Waals surface area contributed by atoms with E-state index in [0.717, 1.165) is 11.3 Å². The van der Waals surface area contributed by atoms with Gasteiger partial charge in [0, 0.05) is 25.8 Å². The van der Waals surface area contributed by atoms with Crippen molar-refractivity contribution in [1.29, 1.82) is 0 Å². The van der Waals surface area contributed by atoms with Gasteiger partial charge in [0.1, 0.15) is 0 Å². The second-order valence-electron chi connectivity index (χ2n) is 6.38. The van der Waals surface area contributed by atoms with Crippen LogP contribution in [0, 0.1) is 0 Å². The smallest absolute Gasteiger partial charge is 0.239 e. The molecule has 0 spiro atoms. The molecule has 0 saturated carbocycles. The maximum Gasteiger partial charge on any atom is 0.239 e. The summed E-state index contributed by atoms with van der Waals surface area (Å²) in [6.07, 6.45) is 4.21. The molecule has 0 fully saturated rings. The monoisotopic (exact) mass is 379 g/mol. The standard InChI is InChI=1S/C17H25N5O3S/c1-13(2)22(15-10-20-21(3)11-15)12-17(23)19-9-8-14-4-6-16(7-5-14)26(18,24)25/h4-7,10-11,13H,8-9,12H2,1-3H3,(H,19,23)(H2,18,24,25). The maximum atomic E-state index is 12.2. The largest absolute Gasteiger partial charge is 0.357 e. The predicted molar refractivity (Wildman–Crippen MR) is 100 cm³/mol. The van der Waals surface area contributed by atoms with Crippen molar-refractivity contribution in [2.24, 2.45) is 12.2 Å². The molecule has 0 aliphatic rings. The lowest BCUT2D eigenvalue weighted by atomic mass is 10.1. The lowest BCUT2D eigenvalue weighted by molar-refractivity contribution is -0.119. The van der Waals surface area contributed by atoms with E-state index in [0.29, 0.717) is 13.0 Å². The van der Waals surface area contributed by atoms with E-state index in [9.17, 15) is 13.2 Å². The molecule has 2 aromatic rings. The number of hydrogen-bond donors (Lipinski definition) is 2. The highest BCUT2D eigenvalue weighted by molar-refractivity contribution is 7.89. The van der Waals surface area contributed by atoms with Crippen LogP contribution in [-0.4, -0.2) is 43.2 Å². The van der Waals surface area contributed by atoms with E-state index in [-0.39, 0.29) is 23.4 Å². The number of nitrogens with zero attached hydrogens (tertiary/aromatic N) is 3. The van der Waals surface area contributed by atoms with Gasteiger partial charge in [-0.25, -0.2) is 13.6 Å². The average molecular weight is 379 g/mol. The first-order valence-corrected chi connectivity index (χ1v) is 9.85. The molecule has 9 heteroatoms. The topological polar surface area (TPSA) is 110 Å². The van der Waals surface area contributed by atoms with Crippen LogP contribution in [0.1, 0.15) is 19.4 Å². The first-order valence-electron chi connectivity index (χ1n) is 8.30. The minimum Gasteiger partial charge on any atom is -0.357 e. The number of aromatic nitrogens is 2. The Morgan fingerprint density at radius 3 is 2.46 bits per heavy atom. The van der Waals surface area contributed by atoms with Crippen LogP contribution in [-0.2, 0) is 28.3 Å². The maximum absolute atomic E-state index is 12.2. The molecule has 0 radical (unpaired) electrons. The van der Waals surface area contributed by atoms with Crippen molar-refractivity contribution in [3.63, 3.8) is 0 Å². The highest BCUT2D eigenvalue weighted by Crippen LogP contribution is 2.15. The van der Waals surface area contributed by atoms with E-state index in [2.05, 4.69) is 10.4 Å². The highest BCUT2D eigenvalue weighted by atomic mass is 32.2. The zero-order chi connectivity index (χ0) is 19.3. The van der Waals surface area contributed by atoms with Gasteiger partial charge in [0.15, 0.2) is 0 Å². The number of nitrogens with one attached hydrogen (secondary N) is 1. The van der Waals surface area contributed by atoms with Gasteiger partial charge < -0.3 is 10.2 Å². The number of anilines is 1. The van der Waals surface area contributed by atoms with Crippen molar-refractivity contribution in [2.45, 2.75) is 31.2 Å². The summed E-state index contributed by atoms with van der Waals surface area (Å²) >= 11 is 0. The van der Waals surface area contributed by atoms with Gasteiger partial charge in [0.05, 0.1) is 23.3 Å². The van der Waals surface area contributed by atoms with E-state index >= 15 is 0 Å². The van der Waals surface area contributed by atoms with Crippen LogP contribution in [0.2, 0.25) is 0 Å². The third-order valence-corrected chi connectivity index (χ3v) is 4.88. The zero-order valence-corrected chi connectivity index (χ0v) is 16.0. The molecule has 0 aliphatic carbocycles. The van der Waals surface area contributed by atoms with Gasteiger partial charge in [-0.2, -0.15) is 5.10 Å². The van der Waals surface area contributed by atoms with Crippen LogP contribution in [0.4, 0.5) is 5.69 Å². The Kier molecular flexibility index (Phi) is 6.38. The van der Waals surface area contributed by atoms with E-state index in [4.69, 9.17) is 5.14 Å². The second-order valence-corrected chi connectivity index (χ2v) is 7.94. The summed E-state index contributed by atoms with van der Waals surface area (Å²) < 4.78 is 24.2. The number of carbonyl (C=O) groups is 1. The average Bonchev–Trinajstić information content (AvgIpc) is 2.98. The molecule has 8 nitrogen and oxygen atoms in total. The van der Waals surface area contributed by atoms with Crippen molar-refractivity contribution in [2.75, 3.05) is 18.0 Å². The number of amides is 1. The van der Waals surface area contributed by atoms with Gasteiger partial charge in [-0.1, -0.05) is 12.1 Å². The van der Waals surface area contributed by atoms with E-state index in [1.165, 1.54) is 12.1 Å². The van der Waals surface area contributed by atoms with Crippen LogP contribution < -0.4 is 15.4 Å². The molecular formula is C17H25N5O3S. The first kappa shape index (κ1) is 19.9. The van der Waals surface area contributed by atoms with E-state index < -0.39 is 10.0 Å². The van der Waals surface area contributed by atoms with Crippen LogP contribution >= 0.6 is 0 Å². The summed E-state index contributed by atoms with van der Waals surface area (Å²) in [6, 6.07) is 6.49. The summed E-state index contributed by atoms with van der Waals surface area (Å²) in [7, 11) is -1.85. The summed E-state index contributed by atoms with van der Waals surface area (Å²) in [5.74, 6) is -0.0799. The van der Waals surface area contributed by atoms with Crippen molar-refractivity contribution < 1.29 is 13.2 Å². The fraction of sp³-hybridized carbons (Fsp3) is 0.412. The normalized spacial score (nSPS) is 11.6. The van der Waals surface area contributed by atoms with Gasteiger partial charge in [-0.05, 0) is 38.0 Å². The minimum atomic E-state index is -3.68. The Hall–Kier alpha value is -2.39. The fourth-order valence-corrected chi connectivity index (χ4v) is 3.05. The number of primary sulfonamides is 1. The Labute approximate surface area is 154 Å². The Morgan fingerprint density at radius 1 is 1.31 bits per heavy atom. The Morgan fingerprint density at radius 2 is 1.96 bits per heavy atom. The quantitative estimate of drug-likeness (QED) is 0.699. The summed E-state index contributed by atoms with van der Waals surface area (Å²) in [4.78, 5) is 14.3. The summed E-state index contributed by atoms with van der Waals surface area (Å²) in [5, 5.41) is 12.1. The lowest BCUT2D eigenvalue weighted by Gasteiger charge is -2.26. The number of nitrogens with two attached hydrogens (primary N) is 1. The van der Waals surface area contributed by atoms with Crippen molar-refractivity contribution in [3.8, 4) is 0 Å². The molecule has 0 saturated heterocycles. The zero-order valence-electron chi connectivity index (χ0n) is 15.2. The molecule has 1 aromatic heterocycles. The Balaban J connectivity index is 1.86. The van der Waals surface area contributed by atoms with Crippen LogP contribution in [0.15, 0.2) is 41.6 Å². The van der Waals surface area contributed by atoms with Crippen LogP contribution in [0.5, 0.6) is 0 Å². The molecule has 3 N–H and O–H groups in total. The van der Waals surface area contributed by atoms with Crippen LogP contribution in [0.25, 0.3) is 0 Å².